The zero-order chi connectivity index (χ0) is 23.7. The van der Waals surface area contributed by atoms with Crippen molar-refractivity contribution in [2.75, 3.05) is 37.1 Å². The quantitative estimate of drug-likeness (QED) is 0.286. The van der Waals surface area contributed by atoms with Gasteiger partial charge in [-0.1, -0.05) is 6.42 Å². The predicted molar refractivity (Wildman–Crippen MR) is 125 cm³/mol. The van der Waals surface area contributed by atoms with E-state index in [1.54, 1.807) is 30.2 Å². The van der Waals surface area contributed by atoms with Crippen LogP contribution in [0.4, 0.5) is 33.2 Å². The van der Waals surface area contributed by atoms with E-state index in [0.29, 0.717) is 36.9 Å². The van der Waals surface area contributed by atoms with Crippen LogP contribution in [0.1, 0.15) is 24.8 Å². The van der Waals surface area contributed by atoms with Crippen molar-refractivity contribution in [3.63, 3.8) is 0 Å². The number of nitrogens with zero attached hydrogens (tertiary/aromatic N) is 4. The number of anilines is 4. The van der Waals surface area contributed by atoms with Gasteiger partial charge in [-0.2, -0.15) is 4.98 Å². The first kappa shape index (κ1) is 22.0. The molecule has 1 saturated carbocycles. The Labute approximate surface area is 195 Å². The van der Waals surface area contributed by atoms with E-state index in [9.17, 15) is 14.5 Å². The van der Waals surface area contributed by atoms with Gasteiger partial charge in [0.25, 0.3) is 5.69 Å². The molecule has 0 radical (unpaired) electrons. The zero-order valence-corrected chi connectivity index (χ0v) is 18.7. The molecule has 1 fully saturated rings. The minimum absolute atomic E-state index is 0.0271. The van der Waals surface area contributed by atoms with E-state index in [0.717, 1.165) is 31.0 Å². The molecule has 0 amide bonds. The Morgan fingerprint density at radius 2 is 2.00 bits per heavy atom. The van der Waals surface area contributed by atoms with Crippen LogP contribution in [0, 0.1) is 15.9 Å². The molecule has 0 atom stereocenters. The largest absolute Gasteiger partial charge is 0.491 e. The zero-order valence-electron chi connectivity index (χ0n) is 18.7. The molecule has 1 N–H and O–H groups in total. The molecule has 176 valence electrons. The Bertz CT molecular complexity index is 1220. The summed E-state index contributed by atoms with van der Waals surface area (Å²) in [5, 5.41) is 14.5. The second-order valence-corrected chi connectivity index (χ2v) is 8.53. The first-order valence-corrected chi connectivity index (χ1v) is 11.1. The van der Waals surface area contributed by atoms with Crippen molar-refractivity contribution in [3.8, 4) is 5.75 Å². The van der Waals surface area contributed by atoms with Gasteiger partial charge in [-0.05, 0) is 48.7 Å². The Hall–Kier alpha value is -3.79. The summed E-state index contributed by atoms with van der Waals surface area (Å²) in [5.74, 6) is 0.444. The van der Waals surface area contributed by atoms with Crippen molar-refractivity contribution in [2.45, 2.75) is 24.7 Å². The Kier molecular flexibility index (Phi) is 5.74. The number of nitro groups is 1. The Morgan fingerprint density at radius 1 is 1.21 bits per heavy atom. The van der Waals surface area contributed by atoms with Crippen LogP contribution in [-0.2, 0) is 10.2 Å². The molecule has 9 nitrogen and oxygen atoms in total. The van der Waals surface area contributed by atoms with Gasteiger partial charge in [0, 0.05) is 36.9 Å². The molecule has 5 rings (SSSR count). The molecule has 2 aliphatic rings. The lowest BCUT2D eigenvalue weighted by Gasteiger charge is -2.39. The second-order valence-electron chi connectivity index (χ2n) is 8.53. The van der Waals surface area contributed by atoms with Crippen molar-refractivity contribution in [1.29, 1.82) is 0 Å². The van der Waals surface area contributed by atoms with Crippen LogP contribution in [0.3, 0.4) is 0 Å². The summed E-state index contributed by atoms with van der Waals surface area (Å²) in [7, 11) is 1.61. The maximum Gasteiger partial charge on any atom is 0.271 e. The number of ether oxygens (including phenoxy) is 2. The summed E-state index contributed by atoms with van der Waals surface area (Å²) >= 11 is 0. The number of halogens is 1. The van der Waals surface area contributed by atoms with E-state index in [1.165, 1.54) is 12.1 Å². The SMILES string of the molecule is COCCOc1ccc(Nc2ncc(F)c(N3CC4(CCC4)c4ccc([N+](=O)[O-])cc43)n2)cc1. The van der Waals surface area contributed by atoms with Crippen molar-refractivity contribution >= 4 is 28.8 Å². The predicted octanol–water partition coefficient (Wildman–Crippen LogP) is 4.87. The third kappa shape index (κ3) is 4.01. The molecule has 10 heteroatoms. The molecular formula is C24H24FN5O4. The van der Waals surface area contributed by atoms with Crippen LogP contribution < -0.4 is 15.0 Å². The average Bonchev–Trinajstić information content (AvgIpc) is 3.17. The van der Waals surface area contributed by atoms with E-state index in [2.05, 4.69) is 15.3 Å². The van der Waals surface area contributed by atoms with Gasteiger partial charge in [0.05, 0.1) is 23.4 Å². The van der Waals surface area contributed by atoms with E-state index >= 15 is 0 Å². The third-order valence-corrected chi connectivity index (χ3v) is 6.47. The lowest BCUT2D eigenvalue weighted by atomic mass is 9.66. The fourth-order valence-corrected chi connectivity index (χ4v) is 4.61. The Morgan fingerprint density at radius 3 is 2.68 bits per heavy atom. The van der Waals surface area contributed by atoms with E-state index in [1.807, 2.05) is 12.1 Å². The number of nitro benzene ring substituents is 1. The number of nitrogens with one attached hydrogen (secondary N) is 1. The summed E-state index contributed by atoms with van der Waals surface area (Å²) in [6.07, 6.45) is 4.13. The summed E-state index contributed by atoms with van der Waals surface area (Å²) in [4.78, 5) is 21.2. The molecular weight excluding hydrogens is 441 g/mol. The highest BCUT2D eigenvalue weighted by Gasteiger charge is 2.48. The molecule has 3 aromatic rings. The number of aromatic nitrogens is 2. The molecule has 1 aliphatic heterocycles. The van der Waals surface area contributed by atoms with Gasteiger partial charge in [0.1, 0.15) is 12.4 Å². The van der Waals surface area contributed by atoms with E-state index in [-0.39, 0.29) is 22.9 Å². The van der Waals surface area contributed by atoms with Crippen LogP contribution in [0.5, 0.6) is 5.75 Å². The summed E-state index contributed by atoms with van der Waals surface area (Å²) in [5.41, 5.74) is 2.22. The number of rotatable bonds is 8. The van der Waals surface area contributed by atoms with Gasteiger partial charge >= 0.3 is 0 Å². The lowest BCUT2D eigenvalue weighted by molar-refractivity contribution is -0.384. The maximum atomic E-state index is 14.9. The molecule has 2 heterocycles. The van der Waals surface area contributed by atoms with Crippen LogP contribution in [0.2, 0.25) is 0 Å². The smallest absolute Gasteiger partial charge is 0.271 e. The van der Waals surface area contributed by atoms with Gasteiger partial charge in [-0.3, -0.25) is 10.1 Å². The van der Waals surface area contributed by atoms with Crippen LogP contribution >= 0.6 is 0 Å². The number of fused-ring (bicyclic) bond motifs is 2. The van der Waals surface area contributed by atoms with Crippen molar-refractivity contribution in [2.24, 2.45) is 0 Å². The molecule has 0 bridgehead atoms. The average molecular weight is 465 g/mol. The molecule has 34 heavy (non-hydrogen) atoms. The third-order valence-electron chi connectivity index (χ3n) is 6.47. The second kappa shape index (κ2) is 8.86. The van der Waals surface area contributed by atoms with Gasteiger partial charge in [0.2, 0.25) is 5.95 Å². The van der Waals surface area contributed by atoms with Gasteiger partial charge in [-0.15, -0.1) is 0 Å². The molecule has 1 spiro atoms. The molecule has 1 aliphatic carbocycles. The van der Waals surface area contributed by atoms with Crippen molar-refractivity contribution < 1.29 is 18.8 Å². The van der Waals surface area contributed by atoms with Gasteiger partial charge < -0.3 is 19.7 Å². The lowest BCUT2D eigenvalue weighted by Crippen LogP contribution is -2.38. The number of methoxy groups -OCH3 is 1. The number of hydrogen-bond donors (Lipinski definition) is 1. The molecule has 1 aromatic heterocycles. The number of benzene rings is 2. The molecule has 0 unspecified atom stereocenters. The first-order valence-electron chi connectivity index (χ1n) is 11.1. The van der Waals surface area contributed by atoms with Crippen molar-refractivity contribution in [1.82, 2.24) is 9.97 Å². The highest BCUT2D eigenvalue weighted by atomic mass is 19.1. The minimum atomic E-state index is -0.582. The fraction of sp³-hybridized carbons (Fsp3) is 0.333. The van der Waals surface area contributed by atoms with Crippen LogP contribution in [0.25, 0.3) is 0 Å². The maximum absolute atomic E-state index is 14.9. The summed E-state index contributed by atoms with van der Waals surface area (Å²) in [6.45, 7) is 1.48. The topological polar surface area (TPSA) is 103 Å². The first-order chi connectivity index (χ1) is 16.5. The van der Waals surface area contributed by atoms with Crippen molar-refractivity contribution in [3.05, 3.63) is 70.2 Å². The summed E-state index contributed by atoms with van der Waals surface area (Å²) in [6, 6.07) is 12.1. The number of hydrogen-bond acceptors (Lipinski definition) is 8. The highest BCUT2D eigenvalue weighted by molar-refractivity contribution is 5.74. The van der Waals surface area contributed by atoms with Gasteiger partial charge in [-0.25, -0.2) is 9.37 Å². The van der Waals surface area contributed by atoms with Crippen LogP contribution in [-0.4, -0.2) is 41.8 Å². The normalized spacial score (nSPS) is 15.6. The minimum Gasteiger partial charge on any atom is -0.491 e. The standard InChI is InChI=1S/C24H24FN5O4/c1-33-11-12-34-18-6-3-16(4-7-18)27-23-26-14-20(25)22(28-23)29-15-24(9-2-10-24)19-8-5-17(30(31)32)13-21(19)29/h3-8,13-14H,2,9-12,15H2,1H3,(H,26,27,28). The summed E-state index contributed by atoms with van der Waals surface area (Å²) < 4.78 is 25.5. The fourth-order valence-electron chi connectivity index (χ4n) is 4.61. The van der Waals surface area contributed by atoms with E-state index in [4.69, 9.17) is 9.47 Å². The number of non-ortho nitro benzene ring substituents is 1. The van der Waals surface area contributed by atoms with E-state index < -0.39 is 10.7 Å². The Balaban J connectivity index is 1.41. The molecule has 2 aromatic carbocycles. The highest BCUT2D eigenvalue weighted by Crippen LogP contribution is 2.55. The van der Waals surface area contributed by atoms with Gasteiger partial charge in [0.15, 0.2) is 11.6 Å². The monoisotopic (exact) mass is 465 g/mol. The van der Waals surface area contributed by atoms with Crippen LogP contribution in [0.15, 0.2) is 48.7 Å². The molecule has 0 saturated heterocycles.